The van der Waals surface area contributed by atoms with Crippen LogP contribution in [0.4, 0.5) is 5.69 Å². The summed E-state index contributed by atoms with van der Waals surface area (Å²) in [5.41, 5.74) is 2.56. The average Bonchev–Trinajstić information content (AvgIpc) is 2.82. The standard InChI is InChI=1S/C25H21NO6/c1-30-22-8-3-6-18(16-22)24(19-7-4-9-23(17-19)31-2)10-5-11-25(27)32-21-14-12-20(13-15-21)26(28)29/h3-17H,1-2H3/b11-5-. The minimum Gasteiger partial charge on any atom is -0.497 e. The van der Waals surface area contributed by atoms with Crippen molar-refractivity contribution in [2.24, 2.45) is 0 Å². The van der Waals surface area contributed by atoms with Gasteiger partial charge in [0.2, 0.25) is 0 Å². The highest BCUT2D eigenvalue weighted by Gasteiger charge is 2.08. The first-order chi connectivity index (χ1) is 15.5. The maximum Gasteiger partial charge on any atom is 0.336 e. The Kier molecular flexibility index (Phi) is 7.37. The fraction of sp³-hybridized carbons (Fsp3) is 0.0800. The highest BCUT2D eigenvalue weighted by atomic mass is 16.6. The number of hydrogen-bond acceptors (Lipinski definition) is 6. The van der Waals surface area contributed by atoms with E-state index in [0.717, 1.165) is 16.7 Å². The van der Waals surface area contributed by atoms with E-state index in [2.05, 4.69) is 0 Å². The summed E-state index contributed by atoms with van der Waals surface area (Å²) in [6, 6.07) is 20.4. The number of methoxy groups -OCH3 is 2. The monoisotopic (exact) mass is 431 g/mol. The second-order valence-electron chi connectivity index (χ2n) is 6.58. The second-order valence-corrected chi connectivity index (χ2v) is 6.58. The molecule has 162 valence electrons. The van der Waals surface area contributed by atoms with Crippen LogP contribution < -0.4 is 14.2 Å². The predicted molar refractivity (Wildman–Crippen MR) is 121 cm³/mol. The van der Waals surface area contributed by atoms with Crippen LogP contribution in [0.1, 0.15) is 11.1 Å². The quantitative estimate of drug-likeness (QED) is 0.122. The topological polar surface area (TPSA) is 87.9 Å². The van der Waals surface area contributed by atoms with Crippen LogP contribution in [0.2, 0.25) is 0 Å². The number of esters is 1. The Labute approximate surface area is 185 Å². The number of rotatable bonds is 8. The van der Waals surface area contributed by atoms with Crippen molar-refractivity contribution in [3.05, 3.63) is 112 Å². The molecule has 0 radical (unpaired) electrons. The van der Waals surface area contributed by atoms with E-state index >= 15 is 0 Å². The second kappa shape index (κ2) is 10.6. The Morgan fingerprint density at radius 2 is 1.41 bits per heavy atom. The van der Waals surface area contributed by atoms with Gasteiger partial charge in [-0.15, -0.1) is 0 Å². The summed E-state index contributed by atoms with van der Waals surface area (Å²) in [6.45, 7) is 0. The van der Waals surface area contributed by atoms with E-state index in [1.807, 2.05) is 48.5 Å². The van der Waals surface area contributed by atoms with Crippen molar-refractivity contribution in [2.75, 3.05) is 14.2 Å². The third-order valence-electron chi connectivity index (χ3n) is 4.52. The molecular formula is C25H21NO6. The molecule has 0 bridgehead atoms. The molecule has 0 aliphatic carbocycles. The summed E-state index contributed by atoms with van der Waals surface area (Å²) in [5.74, 6) is 1.02. The van der Waals surface area contributed by atoms with E-state index < -0.39 is 10.9 Å². The predicted octanol–water partition coefficient (Wildman–Crippen LogP) is 5.21. The van der Waals surface area contributed by atoms with Crippen molar-refractivity contribution < 1.29 is 23.9 Å². The molecule has 3 rings (SSSR count). The molecule has 0 unspecified atom stereocenters. The van der Waals surface area contributed by atoms with Gasteiger partial charge in [-0.25, -0.2) is 4.79 Å². The van der Waals surface area contributed by atoms with Crippen LogP contribution >= 0.6 is 0 Å². The zero-order valence-corrected chi connectivity index (χ0v) is 17.6. The van der Waals surface area contributed by atoms with E-state index in [9.17, 15) is 14.9 Å². The maximum absolute atomic E-state index is 12.2. The van der Waals surface area contributed by atoms with Gasteiger partial charge in [0.25, 0.3) is 5.69 Å². The SMILES string of the molecule is COc1cccc(C(=C/C=C\C(=O)Oc2ccc([N+](=O)[O-])cc2)c2cccc(OC)c2)c1. The summed E-state index contributed by atoms with van der Waals surface area (Å²) in [6.07, 6.45) is 4.66. The third-order valence-corrected chi connectivity index (χ3v) is 4.52. The number of carbonyl (C=O) groups excluding carboxylic acids is 1. The highest BCUT2D eigenvalue weighted by molar-refractivity contribution is 5.86. The first-order valence-corrected chi connectivity index (χ1v) is 9.63. The van der Waals surface area contributed by atoms with Gasteiger partial charge in [0.05, 0.1) is 19.1 Å². The Bertz CT molecular complexity index is 1120. The van der Waals surface area contributed by atoms with Crippen molar-refractivity contribution in [1.29, 1.82) is 0 Å². The van der Waals surface area contributed by atoms with Crippen LogP contribution in [0.15, 0.2) is 91.0 Å². The molecule has 0 aromatic heterocycles. The molecule has 0 fully saturated rings. The molecule has 3 aromatic rings. The molecule has 32 heavy (non-hydrogen) atoms. The molecule has 7 nitrogen and oxygen atoms in total. The van der Waals surface area contributed by atoms with Crippen LogP contribution in [0.25, 0.3) is 5.57 Å². The zero-order chi connectivity index (χ0) is 22.9. The Balaban J connectivity index is 1.85. The third kappa shape index (κ3) is 5.82. The minimum absolute atomic E-state index is 0.0792. The van der Waals surface area contributed by atoms with Gasteiger partial charge in [0, 0.05) is 18.2 Å². The molecule has 0 saturated heterocycles. The van der Waals surface area contributed by atoms with Gasteiger partial charge in [-0.3, -0.25) is 10.1 Å². The maximum atomic E-state index is 12.2. The van der Waals surface area contributed by atoms with Gasteiger partial charge in [0.15, 0.2) is 0 Å². The van der Waals surface area contributed by atoms with Crippen LogP contribution in [0.3, 0.4) is 0 Å². The fourth-order valence-corrected chi connectivity index (χ4v) is 2.95. The van der Waals surface area contributed by atoms with Gasteiger partial charge in [0.1, 0.15) is 17.2 Å². The molecule has 0 saturated carbocycles. The smallest absolute Gasteiger partial charge is 0.336 e. The molecule has 0 aliphatic heterocycles. The summed E-state index contributed by atoms with van der Waals surface area (Å²) >= 11 is 0. The number of hydrogen-bond donors (Lipinski definition) is 0. The molecule has 0 aliphatic rings. The number of nitro benzene ring substituents is 1. The molecule has 7 heteroatoms. The van der Waals surface area contributed by atoms with Gasteiger partial charge in [-0.2, -0.15) is 0 Å². The molecule has 0 atom stereocenters. The zero-order valence-electron chi connectivity index (χ0n) is 17.6. The molecule has 3 aromatic carbocycles. The Hall–Kier alpha value is -4.39. The van der Waals surface area contributed by atoms with Crippen LogP contribution in [0, 0.1) is 10.1 Å². The fourth-order valence-electron chi connectivity index (χ4n) is 2.95. The van der Waals surface area contributed by atoms with Crippen molar-refractivity contribution in [3.63, 3.8) is 0 Å². The molecule has 0 amide bonds. The van der Waals surface area contributed by atoms with Crippen molar-refractivity contribution >= 4 is 17.2 Å². The summed E-state index contributed by atoms with van der Waals surface area (Å²) < 4.78 is 15.9. The number of carbonyl (C=O) groups is 1. The van der Waals surface area contributed by atoms with Crippen molar-refractivity contribution in [1.82, 2.24) is 0 Å². The highest BCUT2D eigenvalue weighted by Crippen LogP contribution is 2.28. The first-order valence-electron chi connectivity index (χ1n) is 9.63. The number of non-ortho nitro benzene ring substituents is 1. The lowest BCUT2D eigenvalue weighted by Crippen LogP contribution is -2.03. The summed E-state index contributed by atoms with van der Waals surface area (Å²) in [5, 5.41) is 10.7. The van der Waals surface area contributed by atoms with Crippen molar-refractivity contribution in [3.8, 4) is 17.2 Å². The Morgan fingerprint density at radius 1 is 0.844 bits per heavy atom. The minimum atomic E-state index is -0.606. The summed E-state index contributed by atoms with van der Waals surface area (Å²) in [4.78, 5) is 22.4. The van der Waals surface area contributed by atoms with Crippen LogP contribution in [-0.2, 0) is 4.79 Å². The van der Waals surface area contributed by atoms with Crippen LogP contribution in [-0.4, -0.2) is 25.1 Å². The van der Waals surface area contributed by atoms with E-state index in [-0.39, 0.29) is 11.4 Å². The van der Waals surface area contributed by atoms with Crippen molar-refractivity contribution in [2.45, 2.75) is 0 Å². The number of allylic oxidation sites excluding steroid dienone is 2. The first kappa shape index (κ1) is 22.3. The van der Waals surface area contributed by atoms with Crippen LogP contribution in [0.5, 0.6) is 17.2 Å². The lowest BCUT2D eigenvalue weighted by molar-refractivity contribution is -0.384. The van der Waals surface area contributed by atoms with Gasteiger partial charge in [-0.1, -0.05) is 36.4 Å². The molecule has 0 heterocycles. The Morgan fingerprint density at radius 3 is 1.91 bits per heavy atom. The number of benzene rings is 3. The van der Waals surface area contributed by atoms with E-state index in [0.29, 0.717) is 11.5 Å². The number of nitro groups is 1. The molecule has 0 spiro atoms. The van der Waals surface area contributed by atoms with Gasteiger partial charge in [-0.05, 0) is 53.1 Å². The normalized spacial score (nSPS) is 10.4. The van der Waals surface area contributed by atoms with Gasteiger partial charge >= 0.3 is 5.97 Å². The average molecular weight is 431 g/mol. The molecular weight excluding hydrogens is 410 g/mol. The molecule has 0 N–H and O–H groups in total. The van der Waals surface area contributed by atoms with Gasteiger partial charge < -0.3 is 14.2 Å². The van der Waals surface area contributed by atoms with E-state index in [1.165, 1.54) is 30.3 Å². The van der Waals surface area contributed by atoms with E-state index in [4.69, 9.17) is 14.2 Å². The lowest BCUT2D eigenvalue weighted by Gasteiger charge is -2.11. The summed E-state index contributed by atoms with van der Waals surface area (Å²) in [7, 11) is 3.20. The largest absolute Gasteiger partial charge is 0.497 e. The van der Waals surface area contributed by atoms with E-state index in [1.54, 1.807) is 26.4 Å². The lowest BCUT2D eigenvalue weighted by atomic mass is 9.97. The number of nitrogens with zero attached hydrogens (tertiary/aromatic N) is 1. The number of ether oxygens (including phenoxy) is 3.